The maximum Gasteiger partial charge on any atom is 0.269 e. The first kappa shape index (κ1) is 20.8. The Hall–Kier alpha value is -3.90. The second-order valence-corrected chi connectivity index (χ2v) is 6.80. The fourth-order valence-electron chi connectivity index (χ4n) is 3.06. The van der Waals surface area contributed by atoms with E-state index in [0.717, 1.165) is 16.9 Å². The number of aryl methyl sites for hydroxylation is 1. The van der Waals surface area contributed by atoms with Gasteiger partial charge in [0.1, 0.15) is 6.10 Å². The monoisotopic (exact) mass is 406 g/mol. The maximum absolute atomic E-state index is 11.7. The molecule has 1 atom stereocenters. The molecule has 0 bridgehead atoms. The summed E-state index contributed by atoms with van der Waals surface area (Å²) in [5.41, 5.74) is 8.50. The van der Waals surface area contributed by atoms with Gasteiger partial charge in [-0.05, 0) is 30.7 Å². The topological polar surface area (TPSA) is 119 Å². The number of carbonyl (C=O) groups is 2. The smallest absolute Gasteiger partial charge is 0.269 e. The van der Waals surface area contributed by atoms with Crippen molar-refractivity contribution >= 4 is 11.8 Å². The Morgan fingerprint density at radius 2 is 2.10 bits per heavy atom. The quantitative estimate of drug-likeness (QED) is 0.616. The van der Waals surface area contributed by atoms with Crippen LogP contribution in [0.1, 0.15) is 22.5 Å². The Morgan fingerprint density at radius 3 is 2.60 bits per heavy atom. The van der Waals surface area contributed by atoms with Crippen molar-refractivity contribution in [1.29, 1.82) is 0 Å². The van der Waals surface area contributed by atoms with E-state index >= 15 is 0 Å². The number of hydrogen-bond acceptors (Lipinski definition) is 5. The van der Waals surface area contributed by atoms with Crippen molar-refractivity contribution in [3.63, 3.8) is 0 Å². The van der Waals surface area contributed by atoms with Crippen LogP contribution >= 0.6 is 0 Å². The summed E-state index contributed by atoms with van der Waals surface area (Å²) in [6, 6.07) is 9.12. The predicted octanol–water partition coefficient (Wildman–Crippen LogP) is 0.562. The molecule has 9 heteroatoms. The Morgan fingerprint density at radius 1 is 1.33 bits per heavy atom. The van der Waals surface area contributed by atoms with Crippen LogP contribution in [-0.2, 0) is 11.8 Å². The lowest BCUT2D eigenvalue weighted by Crippen LogP contribution is -2.24. The van der Waals surface area contributed by atoms with Gasteiger partial charge in [0.25, 0.3) is 11.8 Å². The summed E-state index contributed by atoms with van der Waals surface area (Å²) in [6.07, 6.45) is 8.67. The van der Waals surface area contributed by atoms with Gasteiger partial charge in [-0.1, -0.05) is 12.0 Å². The minimum Gasteiger partial charge on any atom is -0.383 e. The summed E-state index contributed by atoms with van der Waals surface area (Å²) >= 11 is 0. The van der Waals surface area contributed by atoms with Gasteiger partial charge in [-0.15, -0.1) is 6.42 Å². The van der Waals surface area contributed by atoms with Gasteiger partial charge in [0.05, 0.1) is 16.9 Å². The van der Waals surface area contributed by atoms with Gasteiger partial charge in [0.15, 0.2) is 5.69 Å². The van der Waals surface area contributed by atoms with Gasteiger partial charge >= 0.3 is 0 Å². The van der Waals surface area contributed by atoms with Crippen molar-refractivity contribution in [2.75, 3.05) is 13.6 Å². The molecule has 1 unspecified atom stereocenters. The van der Waals surface area contributed by atoms with Gasteiger partial charge < -0.3 is 15.7 Å². The molecule has 4 rings (SSSR count). The highest BCUT2D eigenvalue weighted by molar-refractivity contribution is 5.97. The molecule has 0 aliphatic carbocycles. The molecule has 1 fully saturated rings. The summed E-state index contributed by atoms with van der Waals surface area (Å²) in [5.74, 6) is 1.83. The number of amides is 2. The number of likely N-dealkylation sites (N-methyl/N-ethyl adjacent to an activating group) is 1. The first-order valence-electron chi connectivity index (χ1n) is 9.19. The molecule has 0 radical (unpaired) electrons. The number of aromatic nitrogens is 4. The predicted molar refractivity (Wildman–Crippen MR) is 110 cm³/mol. The Kier molecular flexibility index (Phi) is 5.99. The van der Waals surface area contributed by atoms with Crippen LogP contribution in [0.4, 0.5) is 0 Å². The molecule has 1 aliphatic heterocycles. The Bertz CT molecular complexity index is 1110. The molecule has 9 nitrogen and oxygen atoms in total. The molecule has 2 amide bonds. The van der Waals surface area contributed by atoms with E-state index in [2.05, 4.69) is 16.1 Å². The van der Waals surface area contributed by atoms with E-state index in [4.69, 9.17) is 17.3 Å². The maximum atomic E-state index is 11.7. The van der Waals surface area contributed by atoms with E-state index in [0.29, 0.717) is 18.5 Å². The number of primary amides is 1. The number of benzene rings is 1. The minimum atomic E-state index is -0.722. The van der Waals surface area contributed by atoms with E-state index in [-0.39, 0.29) is 11.6 Å². The van der Waals surface area contributed by atoms with E-state index in [1.54, 1.807) is 41.9 Å². The van der Waals surface area contributed by atoms with Crippen LogP contribution in [0.15, 0.2) is 42.7 Å². The van der Waals surface area contributed by atoms with Crippen molar-refractivity contribution in [2.24, 2.45) is 12.8 Å². The number of rotatable bonds is 3. The molecule has 1 saturated heterocycles. The molecule has 3 heterocycles. The second kappa shape index (κ2) is 8.63. The van der Waals surface area contributed by atoms with Crippen LogP contribution in [-0.4, -0.2) is 61.1 Å². The third-order valence-electron chi connectivity index (χ3n) is 4.72. The third kappa shape index (κ3) is 4.24. The largest absolute Gasteiger partial charge is 0.383 e. The van der Waals surface area contributed by atoms with Gasteiger partial charge in [-0.3, -0.25) is 14.3 Å². The summed E-state index contributed by atoms with van der Waals surface area (Å²) in [4.78, 5) is 23.8. The molecule has 3 N–H and O–H groups in total. The minimum absolute atomic E-state index is 0.148. The molecule has 2 aromatic heterocycles. The zero-order valence-electron chi connectivity index (χ0n) is 16.7. The zero-order chi connectivity index (χ0) is 21.8. The number of aliphatic hydroxyl groups is 1. The molecule has 3 aromatic rings. The number of nitrogens with zero attached hydrogens (tertiary/aromatic N) is 5. The first-order valence-corrected chi connectivity index (χ1v) is 9.19. The fraction of sp³-hybridized carbons (Fsp3) is 0.238. The number of terminal acetylenes is 1. The van der Waals surface area contributed by atoms with Crippen molar-refractivity contribution in [1.82, 2.24) is 24.5 Å². The van der Waals surface area contributed by atoms with Crippen LogP contribution < -0.4 is 5.73 Å². The molecule has 0 saturated carbocycles. The second-order valence-electron chi connectivity index (χ2n) is 6.80. The number of hydrogen-bond donors (Lipinski definition) is 2. The van der Waals surface area contributed by atoms with E-state index < -0.39 is 12.0 Å². The number of carbonyl (C=O) groups excluding carboxylic acids is 2. The summed E-state index contributed by atoms with van der Waals surface area (Å²) in [7, 11) is 3.48. The SMILES string of the molecule is C#Cc1cccc(-n2cc(-c3ccnn3C)c(C(N)=O)n2)c1.CN1CCC(O)C1=O. The molecular formula is C21H22N6O3. The number of nitrogens with two attached hydrogens (primary N) is 1. The summed E-state index contributed by atoms with van der Waals surface area (Å²) in [5, 5.41) is 17.2. The molecule has 30 heavy (non-hydrogen) atoms. The lowest BCUT2D eigenvalue weighted by Gasteiger charge is -2.04. The van der Waals surface area contributed by atoms with Crippen LogP contribution in [0.5, 0.6) is 0 Å². The van der Waals surface area contributed by atoms with Crippen LogP contribution in [0.2, 0.25) is 0 Å². The van der Waals surface area contributed by atoms with Gasteiger partial charge in [0.2, 0.25) is 0 Å². The molecule has 1 aliphatic rings. The average molecular weight is 406 g/mol. The molecular weight excluding hydrogens is 384 g/mol. The fourth-order valence-corrected chi connectivity index (χ4v) is 3.06. The van der Waals surface area contributed by atoms with E-state index in [1.165, 1.54) is 4.90 Å². The van der Waals surface area contributed by atoms with Crippen LogP contribution in [0.3, 0.4) is 0 Å². The third-order valence-corrected chi connectivity index (χ3v) is 4.72. The Balaban J connectivity index is 0.000000269. The molecule has 1 aromatic carbocycles. The first-order chi connectivity index (χ1) is 14.3. The standard InChI is InChI=1S/C16H13N5O.C5H9NO2/c1-3-11-5-4-6-12(9-11)21-10-13(15(19-21)16(17)22)14-7-8-18-20(14)2;1-6-3-2-4(7)5(6)8/h1,4-10H,2H3,(H2,17,22);4,7H,2-3H2,1H3. The summed E-state index contributed by atoms with van der Waals surface area (Å²) < 4.78 is 3.24. The van der Waals surface area contributed by atoms with Crippen LogP contribution in [0, 0.1) is 12.3 Å². The van der Waals surface area contributed by atoms with Crippen molar-refractivity contribution < 1.29 is 14.7 Å². The highest BCUT2D eigenvalue weighted by Gasteiger charge is 2.26. The number of likely N-dealkylation sites (tertiary alicyclic amines) is 1. The van der Waals surface area contributed by atoms with E-state index in [9.17, 15) is 9.59 Å². The van der Waals surface area contributed by atoms with Crippen molar-refractivity contribution in [2.45, 2.75) is 12.5 Å². The lowest BCUT2D eigenvalue weighted by molar-refractivity contribution is -0.133. The number of aliphatic hydroxyl groups excluding tert-OH is 1. The van der Waals surface area contributed by atoms with Gasteiger partial charge in [-0.2, -0.15) is 10.2 Å². The highest BCUT2D eigenvalue weighted by atomic mass is 16.3. The summed E-state index contributed by atoms with van der Waals surface area (Å²) in [6.45, 7) is 0.694. The van der Waals surface area contributed by atoms with E-state index in [1.807, 2.05) is 24.3 Å². The van der Waals surface area contributed by atoms with Crippen molar-refractivity contribution in [3.05, 3.63) is 54.0 Å². The van der Waals surface area contributed by atoms with Gasteiger partial charge in [-0.25, -0.2) is 4.68 Å². The zero-order valence-corrected chi connectivity index (χ0v) is 16.7. The van der Waals surface area contributed by atoms with Crippen molar-refractivity contribution in [3.8, 4) is 29.3 Å². The average Bonchev–Trinajstić information content (AvgIpc) is 3.44. The molecule has 154 valence electrons. The van der Waals surface area contributed by atoms with Crippen LogP contribution in [0.25, 0.3) is 16.9 Å². The Labute approximate surface area is 173 Å². The normalized spacial score (nSPS) is 15.5. The highest BCUT2D eigenvalue weighted by Crippen LogP contribution is 2.24. The van der Waals surface area contributed by atoms with Gasteiger partial charge in [0, 0.05) is 38.6 Å². The molecule has 0 spiro atoms. The lowest BCUT2D eigenvalue weighted by atomic mass is 10.2.